The van der Waals surface area contributed by atoms with Gasteiger partial charge in [-0.25, -0.2) is 0 Å². The topological polar surface area (TPSA) is 38.7 Å². The lowest BCUT2D eigenvalue weighted by Crippen LogP contribution is -2.51. The van der Waals surface area contributed by atoms with Crippen molar-refractivity contribution >= 4 is 0 Å². The molecule has 0 bridgehead atoms. The maximum atomic E-state index is 9.85. The number of piperidine rings is 1. The molecule has 2 aliphatic rings. The first-order valence-electron chi connectivity index (χ1n) is 7.93. The molecule has 0 aromatic carbocycles. The molecule has 4 heteroatoms. The Morgan fingerprint density at radius 1 is 1.11 bits per heavy atom. The van der Waals surface area contributed by atoms with E-state index in [9.17, 15) is 5.11 Å². The molecule has 1 unspecified atom stereocenters. The number of rotatable bonds is 5. The van der Waals surface area contributed by atoms with Gasteiger partial charge in [0, 0.05) is 38.8 Å². The van der Waals surface area contributed by atoms with Gasteiger partial charge in [0.15, 0.2) is 0 Å². The highest BCUT2D eigenvalue weighted by Crippen LogP contribution is 2.12. The van der Waals surface area contributed by atoms with Gasteiger partial charge in [-0.2, -0.15) is 0 Å². The Hall–Kier alpha value is -0.160. The zero-order chi connectivity index (χ0) is 13.7. The Bertz CT molecular complexity index is 251. The van der Waals surface area contributed by atoms with Crippen LogP contribution in [0.4, 0.5) is 0 Å². The largest absolute Gasteiger partial charge is 0.389 e. The summed E-state index contributed by atoms with van der Waals surface area (Å²) >= 11 is 0. The summed E-state index contributed by atoms with van der Waals surface area (Å²) in [5, 5.41) is 13.5. The monoisotopic (exact) mass is 269 g/mol. The van der Waals surface area contributed by atoms with Crippen LogP contribution in [0.1, 0.15) is 39.5 Å². The van der Waals surface area contributed by atoms with Gasteiger partial charge in [-0.1, -0.05) is 6.42 Å². The van der Waals surface area contributed by atoms with Crippen LogP contribution in [0.3, 0.4) is 0 Å². The second-order valence-electron chi connectivity index (χ2n) is 6.87. The fourth-order valence-corrected chi connectivity index (χ4v) is 3.23. The summed E-state index contributed by atoms with van der Waals surface area (Å²) in [5.41, 5.74) is -0.561. The van der Waals surface area contributed by atoms with Crippen LogP contribution in [0.25, 0.3) is 0 Å². The van der Waals surface area contributed by atoms with E-state index < -0.39 is 5.60 Å². The minimum absolute atomic E-state index is 0.561. The van der Waals surface area contributed by atoms with Gasteiger partial charge in [0.1, 0.15) is 0 Å². The maximum Gasteiger partial charge on any atom is 0.0718 e. The highest BCUT2D eigenvalue weighted by molar-refractivity contribution is 4.79. The molecule has 0 spiro atoms. The van der Waals surface area contributed by atoms with E-state index in [1.54, 1.807) is 0 Å². The number of hydrogen-bond acceptors (Lipinski definition) is 4. The van der Waals surface area contributed by atoms with Crippen LogP contribution in [0, 0.1) is 0 Å². The molecular formula is C15H31N3O. The summed E-state index contributed by atoms with van der Waals surface area (Å²) < 4.78 is 0. The number of piperazine rings is 1. The third-order valence-corrected chi connectivity index (χ3v) is 4.28. The van der Waals surface area contributed by atoms with Crippen LogP contribution < -0.4 is 5.32 Å². The molecule has 2 heterocycles. The van der Waals surface area contributed by atoms with Gasteiger partial charge in [-0.05, 0) is 46.2 Å². The minimum Gasteiger partial charge on any atom is -0.389 e. The molecule has 4 nitrogen and oxygen atoms in total. The zero-order valence-electron chi connectivity index (χ0n) is 12.7. The lowest BCUT2D eigenvalue weighted by molar-refractivity contribution is 0.0173. The summed E-state index contributed by atoms with van der Waals surface area (Å²) in [4.78, 5) is 4.96. The van der Waals surface area contributed by atoms with E-state index in [1.165, 1.54) is 38.8 Å². The summed E-state index contributed by atoms with van der Waals surface area (Å²) in [6.07, 6.45) is 5.41. The Kier molecular flexibility index (Phi) is 5.63. The smallest absolute Gasteiger partial charge is 0.0718 e. The van der Waals surface area contributed by atoms with Crippen molar-refractivity contribution in [1.29, 1.82) is 0 Å². The molecule has 2 N–H and O–H groups in total. The fourth-order valence-electron chi connectivity index (χ4n) is 3.23. The van der Waals surface area contributed by atoms with Crippen molar-refractivity contribution in [2.75, 3.05) is 45.8 Å². The third kappa shape index (κ3) is 5.78. The van der Waals surface area contributed by atoms with Gasteiger partial charge in [0.2, 0.25) is 0 Å². The van der Waals surface area contributed by atoms with Gasteiger partial charge in [-0.15, -0.1) is 0 Å². The quantitative estimate of drug-likeness (QED) is 0.778. The molecule has 0 amide bonds. The fraction of sp³-hybridized carbons (Fsp3) is 1.00. The van der Waals surface area contributed by atoms with E-state index in [4.69, 9.17) is 0 Å². The average Bonchev–Trinajstić information content (AvgIpc) is 2.37. The third-order valence-electron chi connectivity index (χ3n) is 4.28. The first-order chi connectivity index (χ1) is 9.03. The molecule has 2 fully saturated rings. The number of nitrogens with one attached hydrogen (secondary N) is 1. The summed E-state index contributed by atoms with van der Waals surface area (Å²) in [5.74, 6) is 0. The van der Waals surface area contributed by atoms with Crippen molar-refractivity contribution in [2.45, 2.75) is 51.2 Å². The first kappa shape index (κ1) is 15.2. The molecule has 1 atom stereocenters. The first-order valence-corrected chi connectivity index (χ1v) is 7.93. The molecule has 19 heavy (non-hydrogen) atoms. The molecule has 2 rings (SSSR count). The van der Waals surface area contributed by atoms with Crippen LogP contribution in [-0.4, -0.2) is 72.4 Å². The van der Waals surface area contributed by atoms with Gasteiger partial charge < -0.3 is 15.3 Å². The van der Waals surface area contributed by atoms with Crippen molar-refractivity contribution in [1.82, 2.24) is 15.1 Å². The number of hydrogen-bond donors (Lipinski definition) is 2. The molecule has 2 aliphatic heterocycles. The van der Waals surface area contributed by atoms with E-state index in [0.29, 0.717) is 0 Å². The molecule has 2 saturated heterocycles. The molecule has 0 aliphatic carbocycles. The summed E-state index contributed by atoms with van der Waals surface area (Å²) in [6.45, 7) is 11.5. The van der Waals surface area contributed by atoms with E-state index in [-0.39, 0.29) is 0 Å². The average molecular weight is 269 g/mol. The molecule has 0 aromatic rings. The van der Waals surface area contributed by atoms with Crippen molar-refractivity contribution in [3.63, 3.8) is 0 Å². The normalized spacial score (nSPS) is 27.6. The molecule has 0 radical (unpaired) electrons. The van der Waals surface area contributed by atoms with E-state index in [0.717, 1.165) is 38.8 Å². The standard InChI is InChI=1S/C15H31N3O/c1-15(2,19)13-18-11-9-17(10-12-18)8-6-14-5-3-4-7-16-14/h14,16,19H,3-13H2,1-2H3. The van der Waals surface area contributed by atoms with Crippen LogP contribution in [0.15, 0.2) is 0 Å². The number of β-amino-alcohol motifs (C(OH)–C–C–N with tert-alkyl or cyclic N) is 1. The SMILES string of the molecule is CC(C)(O)CN1CCN(CCC2CCCCN2)CC1. The predicted molar refractivity (Wildman–Crippen MR) is 79.4 cm³/mol. The Balaban J connectivity index is 1.60. The Morgan fingerprint density at radius 3 is 2.37 bits per heavy atom. The Labute approximate surface area is 118 Å². The molecule has 112 valence electrons. The predicted octanol–water partition coefficient (Wildman–Crippen LogP) is 0.907. The lowest BCUT2D eigenvalue weighted by atomic mass is 10.0. The van der Waals surface area contributed by atoms with Crippen LogP contribution in [0.5, 0.6) is 0 Å². The summed E-state index contributed by atoms with van der Waals surface area (Å²) in [6, 6.07) is 0.753. The van der Waals surface area contributed by atoms with Crippen LogP contribution >= 0.6 is 0 Å². The highest BCUT2D eigenvalue weighted by Gasteiger charge is 2.23. The molecular weight excluding hydrogens is 238 g/mol. The van der Waals surface area contributed by atoms with Crippen LogP contribution in [0.2, 0.25) is 0 Å². The van der Waals surface area contributed by atoms with E-state index >= 15 is 0 Å². The highest BCUT2D eigenvalue weighted by atomic mass is 16.3. The second-order valence-corrected chi connectivity index (χ2v) is 6.87. The number of aliphatic hydroxyl groups is 1. The maximum absolute atomic E-state index is 9.85. The van der Waals surface area contributed by atoms with Crippen molar-refractivity contribution in [3.05, 3.63) is 0 Å². The molecule has 0 aromatic heterocycles. The zero-order valence-corrected chi connectivity index (χ0v) is 12.7. The van der Waals surface area contributed by atoms with Gasteiger partial charge in [0.25, 0.3) is 0 Å². The van der Waals surface area contributed by atoms with Crippen molar-refractivity contribution < 1.29 is 5.11 Å². The van der Waals surface area contributed by atoms with E-state index in [1.807, 2.05) is 13.8 Å². The van der Waals surface area contributed by atoms with Gasteiger partial charge in [0.05, 0.1) is 5.60 Å². The minimum atomic E-state index is -0.561. The van der Waals surface area contributed by atoms with Crippen molar-refractivity contribution in [2.24, 2.45) is 0 Å². The van der Waals surface area contributed by atoms with Gasteiger partial charge in [-0.3, -0.25) is 4.90 Å². The van der Waals surface area contributed by atoms with E-state index in [2.05, 4.69) is 15.1 Å². The Morgan fingerprint density at radius 2 is 1.79 bits per heavy atom. The van der Waals surface area contributed by atoms with Gasteiger partial charge >= 0.3 is 0 Å². The lowest BCUT2D eigenvalue weighted by Gasteiger charge is -2.38. The molecule has 0 saturated carbocycles. The van der Waals surface area contributed by atoms with Crippen molar-refractivity contribution in [3.8, 4) is 0 Å². The number of nitrogens with zero attached hydrogens (tertiary/aromatic N) is 2. The van der Waals surface area contributed by atoms with Crippen LogP contribution in [-0.2, 0) is 0 Å². The second kappa shape index (κ2) is 7.02. The summed E-state index contributed by atoms with van der Waals surface area (Å²) in [7, 11) is 0.